The normalized spacial score (nSPS) is 14.8. The molecule has 0 atom stereocenters. The first-order valence-electron chi connectivity index (χ1n) is 10.8. The van der Waals surface area contributed by atoms with Gasteiger partial charge in [0, 0.05) is 17.3 Å². The Labute approximate surface area is 210 Å². The van der Waals surface area contributed by atoms with Crippen molar-refractivity contribution in [2.75, 3.05) is 0 Å². The Bertz CT molecular complexity index is 1460. The number of para-hydroxylation sites is 1. The quantitative estimate of drug-likeness (QED) is 0.229. The van der Waals surface area contributed by atoms with E-state index in [0.717, 1.165) is 11.3 Å². The number of nitrogens with zero attached hydrogens (tertiary/aromatic N) is 3. The van der Waals surface area contributed by atoms with Crippen LogP contribution in [0.3, 0.4) is 0 Å². The zero-order valence-corrected chi connectivity index (χ0v) is 20.2. The largest absolute Gasteiger partial charge is 0.288 e. The summed E-state index contributed by atoms with van der Waals surface area (Å²) in [6.45, 7) is 1.96. The minimum Gasteiger partial charge on any atom is -0.288 e. The van der Waals surface area contributed by atoms with E-state index in [-0.39, 0.29) is 24.1 Å². The fraction of sp³-hybridized carbons (Fsp3) is 0.0741. The summed E-state index contributed by atoms with van der Waals surface area (Å²) in [4.78, 5) is 15.1. The molecule has 2 heterocycles. The van der Waals surface area contributed by atoms with E-state index in [1.165, 1.54) is 34.9 Å². The van der Waals surface area contributed by atoms with Crippen molar-refractivity contribution in [3.8, 4) is 16.9 Å². The van der Waals surface area contributed by atoms with E-state index >= 15 is 0 Å². The predicted octanol–water partition coefficient (Wildman–Crippen LogP) is 6.53. The van der Waals surface area contributed by atoms with Gasteiger partial charge in [0.15, 0.2) is 0 Å². The van der Waals surface area contributed by atoms with Crippen LogP contribution < -0.4 is 0 Å². The SMILES string of the molecule is Cc1ccc(-c2nn(-c3ccccc3)cc2C=C2SC(=S)N(Cc3ccc(F)cc3)C2=O)cc1F. The van der Waals surface area contributed by atoms with Crippen LogP contribution in [0.15, 0.2) is 83.9 Å². The van der Waals surface area contributed by atoms with Gasteiger partial charge in [0.1, 0.15) is 21.6 Å². The first-order chi connectivity index (χ1) is 16.9. The summed E-state index contributed by atoms with van der Waals surface area (Å²) in [6.07, 6.45) is 3.55. The van der Waals surface area contributed by atoms with Crippen molar-refractivity contribution in [1.82, 2.24) is 14.7 Å². The van der Waals surface area contributed by atoms with Crippen LogP contribution in [0.4, 0.5) is 8.78 Å². The van der Waals surface area contributed by atoms with Gasteiger partial charge in [-0.15, -0.1) is 0 Å². The summed E-state index contributed by atoms with van der Waals surface area (Å²) in [5.74, 6) is -0.902. The van der Waals surface area contributed by atoms with Crippen LogP contribution in [0.1, 0.15) is 16.7 Å². The number of amides is 1. The van der Waals surface area contributed by atoms with Crippen molar-refractivity contribution < 1.29 is 13.6 Å². The monoisotopic (exact) mass is 503 g/mol. The maximum absolute atomic E-state index is 14.4. The third kappa shape index (κ3) is 4.80. The molecule has 0 spiro atoms. The number of thiocarbonyl (C=S) groups is 1. The van der Waals surface area contributed by atoms with Gasteiger partial charge >= 0.3 is 0 Å². The number of aromatic nitrogens is 2. The number of hydrogen-bond donors (Lipinski definition) is 0. The first-order valence-corrected chi connectivity index (χ1v) is 12.0. The zero-order valence-electron chi connectivity index (χ0n) is 18.6. The van der Waals surface area contributed by atoms with Crippen LogP contribution >= 0.6 is 24.0 Å². The molecule has 4 aromatic rings. The standard InChI is InChI=1S/C27H19F2N3OS2/c1-17-7-10-19(13-23(17)29)25-20(16-32(30-25)22-5-3-2-4-6-22)14-24-26(33)31(27(34)35-24)15-18-8-11-21(28)12-9-18/h2-14,16H,15H2,1H3. The molecule has 1 amide bonds. The smallest absolute Gasteiger partial charge is 0.266 e. The van der Waals surface area contributed by atoms with E-state index in [0.29, 0.717) is 31.6 Å². The molecule has 35 heavy (non-hydrogen) atoms. The van der Waals surface area contributed by atoms with E-state index < -0.39 is 0 Å². The van der Waals surface area contributed by atoms with Gasteiger partial charge in [-0.3, -0.25) is 9.69 Å². The molecule has 1 aliphatic rings. The van der Waals surface area contributed by atoms with Crippen LogP contribution in [0.25, 0.3) is 23.0 Å². The van der Waals surface area contributed by atoms with Gasteiger partial charge in [0.25, 0.3) is 5.91 Å². The molecule has 0 aliphatic carbocycles. The van der Waals surface area contributed by atoms with Gasteiger partial charge in [-0.25, -0.2) is 13.5 Å². The third-order valence-electron chi connectivity index (χ3n) is 5.62. The Kier molecular flexibility index (Phi) is 6.32. The van der Waals surface area contributed by atoms with E-state index in [2.05, 4.69) is 0 Å². The summed E-state index contributed by atoms with van der Waals surface area (Å²) in [5.41, 5.74) is 3.98. The molecule has 1 fully saturated rings. The third-order valence-corrected chi connectivity index (χ3v) is 7.00. The van der Waals surface area contributed by atoms with E-state index in [4.69, 9.17) is 17.3 Å². The second kappa shape index (κ2) is 9.56. The number of carbonyl (C=O) groups is 1. The Morgan fingerprint density at radius 2 is 1.77 bits per heavy atom. The molecule has 0 radical (unpaired) electrons. The van der Waals surface area contributed by atoms with Gasteiger partial charge in [0.2, 0.25) is 0 Å². The van der Waals surface area contributed by atoms with Crippen molar-refractivity contribution in [3.63, 3.8) is 0 Å². The number of carbonyl (C=O) groups excluding carboxylic acids is 1. The molecule has 1 saturated heterocycles. The summed E-state index contributed by atoms with van der Waals surface area (Å²) < 4.78 is 29.8. The second-order valence-corrected chi connectivity index (χ2v) is 9.75. The maximum Gasteiger partial charge on any atom is 0.266 e. The summed E-state index contributed by atoms with van der Waals surface area (Å²) in [7, 11) is 0. The molecular formula is C27H19F2N3OS2. The van der Waals surface area contributed by atoms with Crippen LogP contribution in [-0.4, -0.2) is 24.9 Å². The average Bonchev–Trinajstić information content (AvgIpc) is 3.39. The van der Waals surface area contributed by atoms with Gasteiger partial charge in [-0.1, -0.05) is 66.4 Å². The maximum atomic E-state index is 14.4. The minimum absolute atomic E-state index is 0.238. The number of rotatable bonds is 5. The highest BCUT2D eigenvalue weighted by Gasteiger charge is 2.32. The Morgan fingerprint density at radius 1 is 1.03 bits per heavy atom. The van der Waals surface area contributed by atoms with Gasteiger partial charge < -0.3 is 0 Å². The lowest BCUT2D eigenvalue weighted by Crippen LogP contribution is -2.27. The number of hydrogen-bond acceptors (Lipinski definition) is 4. The number of aryl methyl sites for hydroxylation is 1. The van der Waals surface area contributed by atoms with Crippen LogP contribution in [-0.2, 0) is 11.3 Å². The molecule has 174 valence electrons. The average molecular weight is 504 g/mol. The van der Waals surface area contributed by atoms with E-state index in [1.54, 1.807) is 35.9 Å². The molecule has 0 saturated carbocycles. The highest BCUT2D eigenvalue weighted by molar-refractivity contribution is 8.26. The highest BCUT2D eigenvalue weighted by atomic mass is 32.2. The molecule has 0 unspecified atom stereocenters. The molecule has 4 nitrogen and oxygen atoms in total. The fourth-order valence-electron chi connectivity index (χ4n) is 3.72. The lowest BCUT2D eigenvalue weighted by molar-refractivity contribution is -0.122. The topological polar surface area (TPSA) is 38.1 Å². The molecule has 8 heteroatoms. The van der Waals surface area contributed by atoms with Crippen molar-refractivity contribution in [3.05, 3.63) is 112 Å². The van der Waals surface area contributed by atoms with Crippen LogP contribution in [0.2, 0.25) is 0 Å². The number of halogens is 2. The second-order valence-electron chi connectivity index (χ2n) is 8.07. The number of thioether (sulfide) groups is 1. The molecule has 0 N–H and O–H groups in total. The van der Waals surface area contributed by atoms with E-state index in [1.807, 2.05) is 42.6 Å². The summed E-state index contributed by atoms with van der Waals surface area (Å²) in [6, 6.07) is 20.5. The van der Waals surface area contributed by atoms with Crippen molar-refractivity contribution >= 4 is 40.3 Å². The van der Waals surface area contributed by atoms with E-state index in [9.17, 15) is 13.6 Å². The zero-order chi connectivity index (χ0) is 24.5. The Hall–Kier alpha value is -3.62. The van der Waals surface area contributed by atoms with Crippen molar-refractivity contribution in [2.45, 2.75) is 13.5 Å². The molecular weight excluding hydrogens is 484 g/mol. The molecule has 5 rings (SSSR count). The van der Waals surface area contributed by atoms with Crippen LogP contribution in [0, 0.1) is 18.6 Å². The highest BCUT2D eigenvalue weighted by Crippen LogP contribution is 2.36. The van der Waals surface area contributed by atoms with Gasteiger partial charge in [0.05, 0.1) is 17.1 Å². The minimum atomic E-state index is -0.338. The van der Waals surface area contributed by atoms with Gasteiger partial charge in [-0.05, 0) is 54.5 Å². The Balaban J connectivity index is 1.53. The molecule has 1 aromatic heterocycles. The summed E-state index contributed by atoms with van der Waals surface area (Å²) in [5, 5.41) is 4.71. The predicted molar refractivity (Wildman–Crippen MR) is 139 cm³/mol. The van der Waals surface area contributed by atoms with Crippen molar-refractivity contribution in [1.29, 1.82) is 0 Å². The van der Waals surface area contributed by atoms with Crippen molar-refractivity contribution in [2.24, 2.45) is 0 Å². The molecule has 0 bridgehead atoms. The molecule has 3 aromatic carbocycles. The molecule has 1 aliphatic heterocycles. The lowest BCUT2D eigenvalue weighted by atomic mass is 10.1. The fourth-order valence-corrected chi connectivity index (χ4v) is 4.97. The summed E-state index contributed by atoms with van der Waals surface area (Å²) >= 11 is 6.66. The number of benzene rings is 3. The van der Waals surface area contributed by atoms with Crippen LogP contribution in [0.5, 0.6) is 0 Å². The van der Waals surface area contributed by atoms with Gasteiger partial charge in [-0.2, -0.15) is 5.10 Å². The lowest BCUT2D eigenvalue weighted by Gasteiger charge is -2.14. The first kappa shape index (κ1) is 23.1. The Morgan fingerprint density at radius 3 is 2.49 bits per heavy atom.